The van der Waals surface area contributed by atoms with Gasteiger partial charge >= 0.3 is 5.63 Å². The van der Waals surface area contributed by atoms with Gasteiger partial charge in [0, 0.05) is 18.7 Å². The van der Waals surface area contributed by atoms with E-state index in [9.17, 15) is 4.79 Å². The molecule has 6 heteroatoms. The van der Waals surface area contributed by atoms with Gasteiger partial charge in [0.2, 0.25) is 0 Å². The van der Waals surface area contributed by atoms with Gasteiger partial charge in [-0.25, -0.2) is 9.48 Å². The van der Waals surface area contributed by atoms with E-state index >= 15 is 0 Å². The van der Waals surface area contributed by atoms with Crippen molar-refractivity contribution in [3.8, 4) is 17.0 Å². The molecule has 3 aromatic rings. The summed E-state index contributed by atoms with van der Waals surface area (Å²) < 4.78 is 7.61. The third-order valence-electron chi connectivity index (χ3n) is 5.54. The molecule has 1 aliphatic carbocycles. The Morgan fingerprint density at radius 3 is 2.59 bits per heavy atom. The quantitative estimate of drug-likeness (QED) is 0.666. The lowest BCUT2D eigenvalue weighted by Gasteiger charge is -2.32. The fourth-order valence-corrected chi connectivity index (χ4v) is 4.54. The Hall–Kier alpha value is -2.53. The van der Waals surface area contributed by atoms with Gasteiger partial charge in [0.05, 0.1) is 28.8 Å². The fourth-order valence-electron chi connectivity index (χ4n) is 4.27. The molecule has 2 aromatic heterocycles. The van der Waals surface area contributed by atoms with Gasteiger partial charge < -0.3 is 9.32 Å². The summed E-state index contributed by atoms with van der Waals surface area (Å²) in [4.78, 5) is 14.7. The number of hydrogen-bond acceptors (Lipinski definition) is 4. The van der Waals surface area contributed by atoms with Gasteiger partial charge in [-0.15, -0.1) is 0 Å². The molecule has 3 heterocycles. The highest BCUT2D eigenvalue weighted by Gasteiger charge is 2.30. The first-order valence-electron chi connectivity index (χ1n) is 9.47. The number of rotatable bonds is 2. The maximum absolute atomic E-state index is 12.5. The number of fused-ring (bicyclic) bond motifs is 3. The number of nitrogens with zero attached hydrogens (tertiary/aromatic N) is 3. The predicted molar refractivity (Wildman–Crippen MR) is 106 cm³/mol. The van der Waals surface area contributed by atoms with Crippen LogP contribution in [-0.2, 0) is 12.8 Å². The van der Waals surface area contributed by atoms with Crippen LogP contribution in [0.2, 0.25) is 5.02 Å². The normalized spacial score (nSPS) is 16.1. The maximum atomic E-state index is 12.5. The number of para-hydroxylation sites is 1. The van der Waals surface area contributed by atoms with Crippen LogP contribution in [0, 0.1) is 0 Å². The lowest BCUT2D eigenvalue weighted by atomic mass is 9.93. The first-order valence-corrected chi connectivity index (χ1v) is 9.85. The van der Waals surface area contributed by atoms with Gasteiger partial charge in [-0.2, -0.15) is 5.10 Å². The molecule has 0 N–H and O–H groups in total. The van der Waals surface area contributed by atoms with Gasteiger partial charge in [-0.1, -0.05) is 29.8 Å². The molecule has 0 spiro atoms. The highest BCUT2D eigenvalue weighted by atomic mass is 35.5. The Morgan fingerprint density at radius 2 is 1.81 bits per heavy atom. The van der Waals surface area contributed by atoms with E-state index in [4.69, 9.17) is 16.0 Å². The summed E-state index contributed by atoms with van der Waals surface area (Å²) in [5.41, 5.74) is 4.43. The van der Waals surface area contributed by atoms with Crippen molar-refractivity contribution in [1.82, 2.24) is 9.78 Å². The minimum absolute atomic E-state index is 0.217. The molecule has 2 aliphatic rings. The Labute approximate surface area is 162 Å². The zero-order valence-electron chi connectivity index (χ0n) is 14.9. The number of piperidine rings is 1. The van der Waals surface area contributed by atoms with Crippen molar-refractivity contribution in [2.45, 2.75) is 32.1 Å². The fraction of sp³-hybridized carbons (Fsp3) is 0.333. The zero-order chi connectivity index (χ0) is 18.4. The van der Waals surface area contributed by atoms with Crippen molar-refractivity contribution >= 4 is 17.3 Å². The minimum atomic E-state index is -0.462. The molecule has 0 saturated carbocycles. The van der Waals surface area contributed by atoms with E-state index in [1.54, 1.807) is 6.20 Å². The Kier molecular flexibility index (Phi) is 4.05. The second kappa shape index (κ2) is 6.57. The summed E-state index contributed by atoms with van der Waals surface area (Å²) in [5.74, 6) is 0.633. The summed E-state index contributed by atoms with van der Waals surface area (Å²) in [5, 5.41) is 4.79. The predicted octanol–water partition coefficient (Wildman–Crippen LogP) is 4.23. The second-order valence-electron chi connectivity index (χ2n) is 7.16. The standard InChI is InChI=1S/C21H20ClN3O2/c22-18-19(24-11-5-2-6-12-24)15-9-10-17-16(20(15)27-21(18)26)13-23-25(17)14-7-3-1-4-8-14/h1,3-4,7-8,13H,2,5-6,9-12H2. The van der Waals surface area contributed by atoms with Crippen LogP contribution in [0.15, 0.2) is 45.7 Å². The van der Waals surface area contributed by atoms with E-state index in [-0.39, 0.29) is 5.02 Å². The van der Waals surface area contributed by atoms with Gasteiger partial charge in [0.25, 0.3) is 0 Å². The molecule has 5 rings (SSSR count). The van der Waals surface area contributed by atoms with Crippen LogP contribution in [0.3, 0.4) is 0 Å². The molecule has 27 heavy (non-hydrogen) atoms. The molecule has 1 fully saturated rings. The Balaban J connectivity index is 1.67. The summed E-state index contributed by atoms with van der Waals surface area (Å²) in [7, 11) is 0. The zero-order valence-corrected chi connectivity index (χ0v) is 15.7. The van der Waals surface area contributed by atoms with Crippen LogP contribution < -0.4 is 10.5 Å². The average molecular weight is 382 g/mol. The lowest BCUT2D eigenvalue weighted by molar-refractivity contribution is 0.509. The first-order chi connectivity index (χ1) is 13.2. The van der Waals surface area contributed by atoms with Crippen molar-refractivity contribution in [2.24, 2.45) is 0 Å². The highest BCUT2D eigenvalue weighted by Crippen LogP contribution is 2.41. The molecule has 0 radical (unpaired) electrons. The van der Waals surface area contributed by atoms with Gasteiger partial charge in [-0.3, -0.25) is 0 Å². The second-order valence-corrected chi connectivity index (χ2v) is 7.54. The molecule has 5 nitrogen and oxygen atoms in total. The van der Waals surface area contributed by atoms with E-state index in [0.29, 0.717) is 5.76 Å². The summed E-state index contributed by atoms with van der Waals surface area (Å²) in [6.07, 6.45) is 6.91. The van der Waals surface area contributed by atoms with Crippen LogP contribution in [-0.4, -0.2) is 22.9 Å². The summed E-state index contributed by atoms with van der Waals surface area (Å²) >= 11 is 6.42. The number of benzene rings is 1. The van der Waals surface area contributed by atoms with Crippen LogP contribution in [0.1, 0.15) is 30.5 Å². The third kappa shape index (κ3) is 2.69. The molecule has 1 aliphatic heterocycles. The summed E-state index contributed by atoms with van der Waals surface area (Å²) in [6, 6.07) is 10.0. The SMILES string of the molecule is O=c1oc2c(c(N3CCCCC3)c1Cl)CCc1c-2cnn1-c1ccccc1. The van der Waals surface area contributed by atoms with Crippen molar-refractivity contribution in [3.63, 3.8) is 0 Å². The molecule has 0 bridgehead atoms. The van der Waals surface area contributed by atoms with Crippen molar-refractivity contribution in [2.75, 3.05) is 18.0 Å². The monoisotopic (exact) mass is 381 g/mol. The molecule has 0 unspecified atom stereocenters. The van der Waals surface area contributed by atoms with Crippen LogP contribution in [0.25, 0.3) is 17.0 Å². The third-order valence-corrected chi connectivity index (χ3v) is 5.87. The van der Waals surface area contributed by atoms with E-state index in [1.807, 2.05) is 35.0 Å². The lowest BCUT2D eigenvalue weighted by Crippen LogP contribution is -2.32. The summed E-state index contributed by atoms with van der Waals surface area (Å²) in [6.45, 7) is 1.87. The van der Waals surface area contributed by atoms with Crippen molar-refractivity contribution in [3.05, 3.63) is 63.2 Å². The van der Waals surface area contributed by atoms with Crippen LogP contribution in [0.4, 0.5) is 5.69 Å². The Morgan fingerprint density at radius 1 is 1.04 bits per heavy atom. The minimum Gasteiger partial charge on any atom is -0.421 e. The van der Waals surface area contributed by atoms with Gasteiger partial charge in [0.15, 0.2) is 0 Å². The molecular formula is C21H20ClN3O2. The highest BCUT2D eigenvalue weighted by molar-refractivity contribution is 6.33. The molecule has 1 aromatic carbocycles. The molecular weight excluding hydrogens is 362 g/mol. The van der Waals surface area contributed by atoms with Gasteiger partial charge in [0.1, 0.15) is 10.8 Å². The topological polar surface area (TPSA) is 51.3 Å². The number of halogens is 1. The van der Waals surface area contributed by atoms with E-state index in [2.05, 4.69) is 10.00 Å². The first kappa shape index (κ1) is 16.6. The number of anilines is 1. The van der Waals surface area contributed by atoms with E-state index < -0.39 is 5.63 Å². The van der Waals surface area contributed by atoms with Crippen LogP contribution >= 0.6 is 11.6 Å². The number of hydrogen-bond donors (Lipinski definition) is 0. The molecule has 1 saturated heterocycles. The smallest absolute Gasteiger partial charge is 0.357 e. The molecule has 0 amide bonds. The largest absolute Gasteiger partial charge is 0.421 e. The van der Waals surface area contributed by atoms with Crippen molar-refractivity contribution < 1.29 is 4.42 Å². The van der Waals surface area contributed by atoms with Crippen LogP contribution in [0.5, 0.6) is 0 Å². The average Bonchev–Trinajstić information content (AvgIpc) is 3.15. The molecule has 138 valence electrons. The number of aromatic nitrogens is 2. The van der Waals surface area contributed by atoms with Crippen molar-refractivity contribution in [1.29, 1.82) is 0 Å². The Bertz CT molecular complexity index is 1050. The maximum Gasteiger partial charge on any atom is 0.357 e. The van der Waals surface area contributed by atoms with Gasteiger partial charge in [-0.05, 0) is 44.2 Å². The van der Waals surface area contributed by atoms with E-state index in [0.717, 1.165) is 67.0 Å². The van der Waals surface area contributed by atoms with E-state index in [1.165, 1.54) is 6.42 Å². The molecule has 0 atom stereocenters.